The van der Waals surface area contributed by atoms with Crippen LogP contribution in [0.15, 0.2) is 12.3 Å². The summed E-state index contributed by atoms with van der Waals surface area (Å²) in [7, 11) is 0. The molecule has 1 aromatic heterocycles. The number of aromatic nitrogens is 1. The maximum atomic E-state index is 12.5. The van der Waals surface area contributed by atoms with Gasteiger partial charge in [0.1, 0.15) is 11.4 Å². The molecule has 2 aliphatic rings. The smallest absolute Gasteiger partial charge is 0.270 e. The highest BCUT2D eigenvalue weighted by Crippen LogP contribution is 2.37. The standard InChI is InChI=1S/C17H25N3O2/c1-4-11-5-6-18-8-14(11)20-16(21)13-7-12-15(9-19-13)22-10-17(12,2)3/h7,9,11,14,18H,4-6,8,10H2,1-3H3,(H,20,21)/t11?,14-/m0/s1. The van der Waals surface area contributed by atoms with Gasteiger partial charge in [0, 0.05) is 23.6 Å². The van der Waals surface area contributed by atoms with Crippen LogP contribution in [-0.4, -0.2) is 36.6 Å². The van der Waals surface area contributed by atoms with Crippen LogP contribution in [0.1, 0.15) is 49.7 Å². The summed E-state index contributed by atoms with van der Waals surface area (Å²) in [5.74, 6) is 1.25. The van der Waals surface area contributed by atoms with Gasteiger partial charge in [0.15, 0.2) is 0 Å². The van der Waals surface area contributed by atoms with Crippen LogP contribution in [0.4, 0.5) is 0 Å². The van der Waals surface area contributed by atoms with Gasteiger partial charge in [-0.2, -0.15) is 0 Å². The first-order valence-electron chi connectivity index (χ1n) is 8.16. The Morgan fingerprint density at radius 3 is 3.14 bits per heavy atom. The average molecular weight is 303 g/mol. The summed E-state index contributed by atoms with van der Waals surface area (Å²) in [6.07, 6.45) is 3.88. The summed E-state index contributed by atoms with van der Waals surface area (Å²) in [6.45, 7) is 8.94. The summed E-state index contributed by atoms with van der Waals surface area (Å²) in [5, 5.41) is 6.51. The molecule has 0 bridgehead atoms. The molecule has 22 heavy (non-hydrogen) atoms. The van der Waals surface area contributed by atoms with Crippen molar-refractivity contribution in [2.24, 2.45) is 5.92 Å². The molecule has 120 valence electrons. The normalized spacial score (nSPS) is 26.1. The van der Waals surface area contributed by atoms with Crippen molar-refractivity contribution < 1.29 is 9.53 Å². The molecule has 5 heteroatoms. The molecule has 2 aliphatic heterocycles. The molecule has 5 nitrogen and oxygen atoms in total. The molecule has 0 saturated carbocycles. The Balaban J connectivity index is 1.76. The second-order valence-electron chi connectivity index (χ2n) is 6.98. The lowest BCUT2D eigenvalue weighted by Gasteiger charge is -2.32. The van der Waals surface area contributed by atoms with E-state index in [-0.39, 0.29) is 17.4 Å². The van der Waals surface area contributed by atoms with Gasteiger partial charge in [0.25, 0.3) is 5.91 Å². The predicted molar refractivity (Wildman–Crippen MR) is 85.3 cm³/mol. The van der Waals surface area contributed by atoms with Crippen molar-refractivity contribution in [2.75, 3.05) is 19.7 Å². The number of piperidine rings is 1. The molecule has 1 fully saturated rings. The van der Waals surface area contributed by atoms with Gasteiger partial charge >= 0.3 is 0 Å². The number of fused-ring (bicyclic) bond motifs is 1. The number of rotatable bonds is 3. The zero-order valence-electron chi connectivity index (χ0n) is 13.6. The van der Waals surface area contributed by atoms with E-state index < -0.39 is 0 Å². The van der Waals surface area contributed by atoms with Crippen LogP contribution in [0.25, 0.3) is 0 Å². The number of pyridine rings is 1. The number of nitrogens with zero attached hydrogens (tertiary/aromatic N) is 1. The fourth-order valence-electron chi connectivity index (χ4n) is 3.36. The Morgan fingerprint density at radius 2 is 2.36 bits per heavy atom. The van der Waals surface area contributed by atoms with E-state index in [0.29, 0.717) is 18.2 Å². The van der Waals surface area contributed by atoms with Gasteiger partial charge in [0.05, 0.1) is 12.8 Å². The van der Waals surface area contributed by atoms with E-state index >= 15 is 0 Å². The lowest BCUT2D eigenvalue weighted by molar-refractivity contribution is 0.0905. The summed E-state index contributed by atoms with van der Waals surface area (Å²) in [4.78, 5) is 16.8. The van der Waals surface area contributed by atoms with E-state index in [9.17, 15) is 4.79 Å². The topological polar surface area (TPSA) is 63.2 Å². The minimum absolute atomic E-state index is 0.0638. The van der Waals surface area contributed by atoms with Gasteiger partial charge in [-0.3, -0.25) is 4.79 Å². The fraction of sp³-hybridized carbons (Fsp3) is 0.647. The molecule has 0 aromatic carbocycles. The average Bonchev–Trinajstić information content (AvgIpc) is 2.83. The van der Waals surface area contributed by atoms with Gasteiger partial charge in [-0.1, -0.05) is 27.2 Å². The molecule has 2 N–H and O–H groups in total. The fourth-order valence-corrected chi connectivity index (χ4v) is 3.36. The minimum Gasteiger partial charge on any atom is -0.491 e. The minimum atomic E-state index is -0.0855. The van der Waals surface area contributed by atoms with Crippen LogP contribution in [0, 0.1) is 5.92 Å². The molecule has 0 aliphatic carbocycles. The predicted octanol–water partition coefficient (Wildman–Crippen LogP) is 1.87. The zero-order chi connectivity index (χ0) is 15.7. The monoisotopic (exact) mass is 303 g/mol. The quantitative estimate of drug-likeness (QED) is 0.895. The second-order valence-corrected chi connectivity index (χ2v) is 6.98. The number of ether oxygens (including phenoxy) is 1. The molecule has 3 heterocycles. The van der Waals surface area contributed by atoms with E-state index in [1.807, 2.05) is 6.07 Å². The molecule has 0 spiro atoms. The molecule has 0 radical (unpaired) electrons. The first kappa shape index (κ1) is 15.3. The number of carbonyl (C=O) groups is 1. The van der Waals surface area contributed by atoms with E-state index in [2.05, 4.69) is 36.4 Å². The van der Waals surface area contributed by atoms with Gasteiger partial charge < -0.3 is 15.4 Å². The maximum absolute atomic E-state index is 12.5. The Hall–Kier alpha value is -1.62. The lowest BCUT2D eigenvalue weighted by atomic mass is 9.87. The number of carbonyl (C=O) groups excluding carboxylic acids is 1. The van der Waals surface area contributed by atoms with Crippen LogP contribution in [0.3, 0.4) is 0 Å². The molecule has 1 saturated heterocycles. The van der Waals surface area contributed by atoms with Crippen LogP contribution >= 0.6 is 0 Å². The van der Waals surface area contributed by atoms with E-state index in [1.54, 1.807) is 6.20 Å². The molecular weight excluding hydrogens is 278 g/mol. The van der Waals surface area contributed by atoms with E-state index in [1.165, 1.54) is 0 Å². The van der Waals surface area contributed by atoms with Crippen molar-refractivity contribution in [1.82, 2.24) is 15.6 Å². The lowest BCUT2D eigenvalue weighted by Crippen LogP contribution is -2.51. The van der Waals surface area contributed by atoms with Crippen molar-refractivity contribution >= 4 is 5.91 Å². The highest BCUT2D eigenvalue weighted by Gasteiger charge is 2.33. The maximum Gasteiger partial charge on any atom is 0.270 e. The van der Waals surface area contributed by atoms with Crippen LogP contribution in [-0.2, 0) is 5.41 Å². The summed E-state index contributed by atoms with van der Waals surface area (Å²) < 4.78 is 5.63. The highest BCUT2D eigenvalue weighted by molar-refractivity contribution is 5.93. The SMILES string of the molecule is CCC1CCNC[C@@H]1NC(=O)c1cc2c(cn1)OCC2(C)C. The molecule has 3 rings (SSSR count). The van der Waals surface area contributed by atoms with Gasteiger partial charge in [-0.05, 0) is 24.9 Å². The molecule has 2 atom stereocenters. The first-order valence-corrected chi connectivity index (χ1v) is 8.16. The zero-order valence-corrected chi connectivity index (χ0v) is 13.6. The summed E-state index contributed by atoms with van der Waals surface area (Å²) in [5.41, 5.74) is 1.49. The molecule has 1 aromatic rings. The molecule has 1 unspecified atom stereocenters. The Labute approximate surface area is 131 Å². The Bertz CT molecular complexity index is 571. The van der Waals surface area contributed by atoms with Crippen molar-refractivity contribution in [3.8, 4) is 5.75 Å². The van der Waals surface area contributed by atoms with Crippen LogP contribution < -0.4 is 15.4 Å². The van der Waals surface area contributed by atoms with Crippen molar-refractivity contribution in [3.05, 3.63) is 23.5 Å². The van der Waals surface area contributed by atoms with Crippen molar-refractivity contribution in [2.45, 2.75) is 45.1 Å². The van der Waals surface area contributed by atoms with Crippen molar-refractivity contribution in [3.63, 3.8) is 0 Å². The summed E-state index contributed by atoms with van der Waals surface area (Å²) in [6, 6.07) is 2.07. The largest absolute Gasteiger partial charge is 0.491 e. The summed E-state index contributed by atoms with van der Waals surface area (Å²) >= 11 is 0. The van der Waals surface area contributed by atoms with Crippen LogP contribution in [0.5, 0.6) is 5.75 Å². The highest BCUT2D eigenvalue weighted by atomic mass is 16.5. The third-order valence-electron chi connectivity index (χ3n) is 4.88. The third kappa shape index (κ3) is 2.82. The van der Waals surface area contributed by atoms with Gasteiger partial charge in [0.2, 0.25) is 0 Å². The Kier molecular flexibility index (Phi) is 4.08. The number of hydrogen-bond donors (Lipinski definition) is 2. The van der Waals surface area contributed by atoms with Crippen molar-refractivity contribution in [1.29, 1.82) is 0 Å². The number of amides is 1. The number of hydrogen-bond acceptors (Lipinski definition) is 4. The Morgan fingerprint density at radius 1 is 1.55 bits per heavy atom. The van der Waals surface area contributed by atoms with Gasteiger partial charge in [-0.15, -0.1) is 0 Å². The molecule has 1 amide bonds. The molecular formula is C17H25N3O2. The first-order chi connectivity index (χ1) is 10.5. The number of nitrogens with one attached hydrogen (secondary N) is 2. The third-order valence-corrected chi connectivity index (χ3v) is 4.88. The van der Waals surface area contributed by atoms with E-state index in [4.69, 9.17) is 4.74 Å². The second kappa shape index (κ2) is 5.88. The van der Waals surface area contributed by atoms with Crippen LogP contribution in [0.2, 0.25) is 0 Å². The van der Waals surface area contributed by atoms with Gasteiger partial charge in [-0.25, -0.2) is 4.98 Å². The van der Waals surface area contributed by atoms with E-state index in [0.717, 1.165) is 37.2 Å².